The van der Waals surface area contributed by atoms with Crippen LogP contribution >= 0.6 is 0 Å². The highest BCUT2D eigenvalue weighted by atomic mass is 16.4. The molecular formula is C16H17N3O2. The molecule has 1 fully saturated rings. The van der Waals surface area contributed by atoms with E-state index in [9.17, 15) is 4.79 Å². The van der Waals surface area contributed by atoms with Gasteiger partial charge < -0.3 is 10.4 Å². The molecular weight excluding hydrogens is 266 g/mol. The molecule has 0 unspecified atom stereocenters. The van der Waals surface area contributed by atoms with E-state index in [1.54, 1.807) is 36.7 Å². The first kappa shape index (κ1) is 13.7. The Morgan fingerprint density at radius 2 is 1.95 bits per heavy atom. The molecule has 5 heteroatoms. The average Bonchev–Trinajstić information content (AvgIpc) is 2.56. The minimum Gasteiger partial charge on any atom is -0.478 e. The van der Waals surface area contributed by atoms with Crippen molar-refractivity contribution in [1.82, 2.24) is 15.3 Å². The lowest BCUT2D eigenvalue weighted by molar-refractivity contribution is 0.0697. The summed E-state index contributed by atoms with van der Waals surface area (Å²) in [5.74, 6) is -0.556. The van der Waals surface area contributed by atoms with Crippen LogP contribution in [-0.2, 0) is 0 Å². The van der Waals surface area contributed by atoms with Crippen LogP contribution in [0.4, 0.5) is 0 Å². The van der Waals surface area contributed by atoms with Gasteiger partial charge >= 0.3 is 5.97 Å². The molecule has 0 radical (unpaired) electrons. The minimum atomic E-state index is -0.919. The molecule has 0 bridgehead atoms. The van der Waals surface area contributed by atoms with Gasteiger partial charge in [0, 0.05) is 30.4 Å². The van der Waals surface area contributed by atoms with Crippen LogP contribution in [0.1, 0.15) is 34.8 Å². The lowest BCUT2D eigenvalue weighted by Crippen LogP contribution is -2.29. The fourth-order valence-electron chi connectivity index (χ4n) is 2.73. The van der Waals surface area contributed by atoms with E-state index in [4.69, 9.17) is 5.11 Å². The highest BCUT2D eigenvalue weighted by Gasteiger charge is 2.21. The van der Waals surface area contributed by atoms with Crippen molar-refractivity contribution in [2.75, 3.05) is 13.1 Å². The van der Waals surface area contributed by atoms with Crippen LogP contribution in [0.25, 0.3) is 11.3 Å². The largest absolute Gasteiger partial charge is 0.478 e. The molecule has 1 aliphatic rings. The number of rotatable bonds is 3. The Labute approximate surface area is 123 Å². The van der Waals surface area contributed by atoms with Gasteiger partial charge in [0.25, 0.3) is 0 Å². The molecule has 3 rings (SSSR count). The van der Waals surface area contributed by atoms with E-state index in [2.05, 4.69) is 15.3 Å². The number of aromatic carboxylic acids is 1. The number of hydrogen-bond acceptors (Lipinski definition) is 4. The van der Waals surface area contributed by atoms with Crippen LogP contribution in [0.5, 0.6) is 0 Å². The maximum atomic E-state index is 10.9. The second-order valence-electron chi connectivity index (χ2n) is 5.22. The van der Waals surface area contributed by atoms with Crippen LogP contribution in [0.3, 0.4) is 0 Å². The van der Waals surface area contributed by atoms with Crippen molar-refractivity contribution in [3.8, 4) is 11.3 Å². The fourth-order valence-corrected chi connectivity index (χ4v) is 2.73. The average molecular weight is 283 g/mol. The Balaban J connectivity index is 1.96. The van der Waals surface area contributed by atoms with Crippen molar-refractivity contribution >= 4 is 5.97 Å². The third kappa shape index (κ3) is 2.92. The van der Waals surface area contributed by atoms with Crippen molar-refractivity contribution in [3.05, 3.63) is 47.9 Å². The molecule has 2 N–H and O–H groups in total. The molecule has 0 spiro atoms. The maximum Gasteiger partial charge on any atom is 0.335 e. The fraction of sp³-hybridized carbons (Fsp3) is 0.312. The summed E-state index contributed by atoms with van der Waals surface area (Å²) in [6, 6.07) is 6.81. The van der Waals surface area contributed by atoms with Crippen molar-refractivity contribution in [3.63, 3.8) is 0 Å². The smallest absolute Gasteiger partial charge is 0.335 e. The van der Waals surface area contributed by atoms with Crippen molar-refractivity contribution < 1.29 is 9.90 Å². The molecule has 2 aromatic rings. The van der Waals surface area contributed by atoms with Crippen LogP contribution in [0, 0.1) is 0 Å². The zero-order valence-corrected chi connectivity index (χ0v) is 11.6. The predicted octanol–water partition coefficient (Wildman–Crippen LogP) is 2.31. The lowest BCUT2D eigenvalue weighted by Gasteiger charge is -2.23. The SMILES string of the molecule is O=C(O)c1ccc(-c2nccnc2[C@@H]2CCCNC2)cc1. The summed E-state index contributed by atoms with van der Waals surface area (Å²) in [7, 11) is 0. The molecule has 1 aromatic heterocycles. The summed E-state index contributed by atoms with van der Waals surface area (Å²) in [5, 5.41) is 12.4. The summed E-state index contributed by atoms with van der Waals surface area (Å²) in [4.78, 5) is 19.9. The van der Waals surface area contributed by atoms with E-state index >= 15 is 0 Å². The van der Waals surface area contributed by atoms with E-state index in [1.807, 2.05) is 0 Å². The number of nitrogens with zero attached hydrogens (tertiary/aromatic N) is 2. The van der Waals surface area contributed by atoms with Gasteiger partial charge in [-0.05, 0) is 31.5 Å². The quantitative estimate of drug-likeness (QED) is 0.904. The minimum absolute atomic E-state index is 0.281. The van der Waals surface area contributed by atoms with Gasteiger partial charge in [0.2, 0.25) is 0 Å². The third-order valence-corrected chi connectivity index (χ3v) is 3.82. The number of nitrogens with one attached hydrogen (secondary N) is 1. The number of carboxylic acids is 1. The van der Waals surface area contributed by atoms with Crippen molar-refractivity contribution in [2.45, 2.75) is 18.8 Å². The van der Waals surface area contributed by atoms with Gasteiger partial charge in [0.1, 0.15) is 0 Å². The molecule has 5 nitrogen and oxygen atoms in total. The van der Waals surface area contributed by atoms with E-state index in [1.165, 1.54) is 0 Å². The lowest BCUT2D eigenvalue weighted by atomic mass is 9.92. The molecule has 1 saturated heterocycles. The van der Waals surface area contributed by atoms with Gasteiger partial charge in [0.15, 0.2) is 0 Å². The first-order valence-electron chi connectivity index (χ1n) is 7.11. The maximum absolute atomic E-state index is 10.9. The second kappa shape index (κ2) is 6.01. The summed E-state index contributed by atoms with van der Waals surface area (Å²) in [5.41, 5.74) is 3.04. The van der Waals surface area contributed by atoms with Crippen molar-refractivity contribution in [1.29, 1.82) is 0 Å². The first-order valence-corrected chi connectivity index (χ1v) is 7.11. The summed E-state index contributed by atoms with van der Waals surface area (Å²) >= 11 is 0. The molecule has 1 atom stereocenters. The van der Waals surface area contributed by atoms with Gasteiger partial charge in [-0.1, -0.05) is 12.1 Å². The van der Waals surface area contributed by atoms with Gasteiger partial charge in [-0.15, -0.1) is 0 Å². The van der Waals surface area contributed by atoms with Crippen molar-refractivity contribution in [2.24, 2.45) is 0 Å². The number of carboxylic acid groups (broad SMARTS) is 1. The summed E-state index contributed by atoms with van der Waals surface area (Å²) < 4.78 is 0. The molecule has 108 valence electrons. The number of hydrogen-bond donors (Lipinski definition) is 2. The highest BCUT2D eigenvalue weighted by molar-refractivity contribution is 5.88. The highest BCUT2D eigenvalue weighted by Crippen LogP contribution is 2.29. The van der Waals surface area contributed by atoms with E-state index in [-0.39, 0.29) is 5.56 Å². The van der Waals surface area contributed by atoms with Crippen LogP contribution in [0.2, 0.25) is 0 Å². The van der Waals surface area contributed by atoms with Gasteiger partial charge in [0.05, 0.1) is 17.0 Å². The monoisotopic (exact) mass is 283 g/mol. The standard InChI is InChI=1S/C16H17N3O2/c20-16(21)12-5-3-11(4-6-12)14-15(19-9-8-18-14)13-2-1-7-17-10-13/h3-6,8-9,13,17H,1-2,7,10H2,(H,20,21)/t13-/m1/s1. The Morgan fingerprint density at radius 3 is 2.62 bits per heavy atom. The number of benzene rings is 1. The van der Waals surface area contributed by atoms with Gasteiger partial charge in [-0.3, -0.25) is 9.97 Å². The Bertz CT molecular complexity index is 634. The van der Waals surface area contributed by atoms with E-state index in [0.717, 1.165) is 42.9 Å². The number of carbonyl (C=O) groups is 1. The second-order valence-corrected chi connectivity index (χ2v) is 5.22. The Hall–Kier alpha value is -2.27. The summed E-state index contributed by atoms with van der Waals surface area (Å²) in [6.45, 7) is 1.97. The first-order chi connectivity index (χ1) is 10.3. The Kier molecular flexibility index (Phi) is 3.92. The molecule has 21 heavy (non-hydrogen) atoms. The molecule has 0 amide bonds. The van der Waals surface area contributed by atoms with E-state index in [0.29, 0.717) is 5.92 Å². The number of piperidine rings is 1. The third-order valence-electron chi connectivity index (χ3n) is 3.82. The zero-order valence-electron chi connectivity index (χ0n) is 11.6. The van der Waals surface area contributed by atoms with Crippen LogP contribution in [0.15, 0.2) is 36.7 Å². The van der Waals surface area contributed by atoms with Gasteiger partial charge in [-0.2, -0.15) is 0 Å². The Morgan fingerprint density at radius 1 is 1.19 bits per heavy atom. The summed E-state index contributed by atoms with van der Waals surface area (Å²) in [6.07, 6.45) is 5.64. The number of aromatic nitrogens is 2. The molecule has 1 aliphatic heterocycles. The molecule has 2 heterocycles. The molecule has 0 saturated carbocycles. The predicted molar refractivity (Wildman–Crippen MR) is 79.3 cm³/mol. The van der Waals surface area contributed by atoms with E-state index < -0.39 is 5.97 Å². The normalized spacial score (nSPS) is 18.4. The van der Waals surface area contributed by atoms with Gasteiger partial charge in [-0.25, -0.2) is 4.79 Å². The van der Waals surface area contributed by atoms with Crippen LogP contribution in [-0.4, -0.2) is 34.1 Å². The van der Waals surface area contributed by atoms with Crippen LogP contribution < -0.4 is 5.32 Å². The zero-order chi connectivity index (χ0) is 14.7. The topological polar surface area (TPSA) is 75.1 Å². The molecule has 0 aliphatic carbocycles. The molecule has 1 aromatic carbocycles.